The van der Waals surface area contributed by atoms with E-state index in [-0.39, 0.29) is 0 Å². The molecular formula is C30H28O5. The number of rotatable bonds is 11. The molecule has 178 valence electrons. The van der Waals surface area contributed by atoms with Gasteiger partial charge in [-0.05, 0) is 59.5 Å². The molecule has 0 aliphatic carbocycles. The normalized spacial score (nSPS) is 12.3. The molecule has 1 N–H and O–H groups in total. The van der Waals surface area contributed by atoms with Crippen LogP contribution in [-0.2, 0) is 16.0 Å². The summed E-state index contributed by atoms with van der Waals surface area (Å²) in [5, 5.41) is 9.28. The molecule has 0 fully saturated rings. The van der Waals surface area contributed by atoms with Crippen molar-refractivity contribution in [3.05, 3.63) is 120 Å². The van der Waals surface area contributed by atoms with Crippen LogP contribution in [0.4, 0.5) is 0 Å². The van der Waals surface area contributed by atoms with Gasteiger partial charge >= 0.3 is 5.97 Å². The van der Waals surface area contributed by atoms with Crippen molar-refractivity contribution < 1.29 is 23.8 Å². The standard InChI is InChI=1S/C30H28O5/c1-2-33-29(30(31)32)21-22-10-16-26(17-11-22)34-20-18-27(23-7-4-3-5-8-23)24-12-14-25(15-13-24)28-9-6-19-35-28/h3-19,29H,2,20-21H2,1H3,(H,31,32)/t29-/m0/s1. The van der Waals surface area contributed by atoms with E-state index in [1.165, 1.54) is 0 Å². The molecule has 0 saturated heterocycles. The van der Waals surface area contributed by atoms with Gasteiger partial charge in [0.25, 0.3) is 0 Å². The first-order valence-corrected chi connectivity index (χ1v) is 11.6. The van der Waals surface area contributed by atoms with E-state index in [0.29, 0.717) is 25.4 Å². The third-order valence-electron chi connectivity index (χ3n) is 5.61. The van der Waals surface area contributed by atoms with Crippen LogP contribution in [0, 0.1) is 0 Å². The Bertz CT molecular complexity index is 1220. The number of carboxylic acids is 1. The summed E-state index contributed by atoms with van der Waals surface area (Å²) in [4.78, 5) is 11.3. The van der Waals surface area contributed by atoms with Gasteiger partial charge < -0.3 is 19.0 Å². The number of furan rings is 1. The molecule has 0 aliphatic heterocycles. The van der Waals surface area contributed by atoms with E-state index < -0.39 is 12.1 Å². The van der Waals surface area contributed by atoms with Crippen LogP contribution < -0.4 is 4.74 Å². The fourth-order valence-corrected chi connectivity index (χ4v) is 3.85. The Kier molecular flexibility index (Phi) is 8.15. The topological polar surface area (TPSA) is 68.9 Å². The van der Waals surface area contributed by atoms with Crippen LogP contribution in [0.1, 0.15) is 23.6 Å². The van der Waals surface area contributed by atoms with Crippen LogP contribution in [0.3, 0.4) is 0 Å². The molecule has 4 rings (SSSR count). The van der Waals surface area contributed by atoms with E-state index in [4.69, 9.17) is 13.9 Å². The Labute approximate surface area is 205 Å². The molecule has 35 heavy (non-hydrogen) atoms. The Balaban J connectivity index is 1.46. The zero-order valence-corrected chi connectivity index (χ0v) is 19.6. The van der Waals surface area contributed by atoms with Crippen LogP contribution in [0.25, 0.3) is 16.9 Å². The van der Waals surface area contributed by atoms with Crippen LogP contribution in [0.5, 0.6) is 5.75 Å². The first-order valence-electron chi connectivity index (χ1n) is 11.6. The van der Waals surface area contributed by atoms with Crippen molar-refractivity contribution in [1.82, 2.24) is 0 Å². The van der Waals surface area contributed by atoms with Gasteiger partial charge in [0.05, 0.1) is 6.26 Å². The molecule has 0 amide bonds. The fraction of sp³-hybridized carbons (Fsp3) is 0.167. The maximum atomic E-state index is 11.3. The third kappa shape index (κ3) is 6.49. The minimum absolute atomic E-state index is 0.315. The van der Waals surface area contributed by atoms with E-state index >= 15 is 0 Å². The minimum atomic E-state index is -0.956. The SMILES string of the molecule is CCO[C@@H](Cc1ccc(OCC=C(c2ccccc2)c2ccc(-c3ccco3)cc2)cc1)C(=O)O. The maximum Gasteiger partial charge on any atom is 0.333 e. The molecule has 0 saturated carbocycles. The fourth-order valence-electron chi connectivity index (χ4n) is 3.85. The molecule has 0 unspecified atom stereocenters. The smallest absolute Gasteiger partial charge is 0.333 e. The highest BCUT2D eigenvalue weighted by Crippen LogP contribution is 2.27. The predicted molar refractivity (Wildman–Crippen MR) is 136 cm³/mol. The first-order chi connectivity index (χ1) is 17.1. The van der Waals surface area contributed by atoms with Crippen LogP contribution >= 0.6 is 0 Å². The molecule has 3 aromatic carbocycles. The summed E-state index contributed by atoms with van der Waals surface area (Å²) in [6.07, 6.45) is 3.21. The van der Waals surface area contributed by atoms with Crippen molar-refractivity contribution >= 4 is 11.5 Å². The monoisotopic (exact) mass is 468 g/mol. The van der Waals surface area contributed by atoms with E-state index in [1.807, 2.05) is 54.6 Å². The number of carbonyl (C=O) groups is 1. The third-order valence-corrected chi connectivity index (χ3v) is 5.61. The van der Waals surface area contributed by atoms with E-state index in [2.05, 4.69) is 42.5 Å². The highest BCUT2D eigenvalue weighted by molar-refractivity contribution is 5.80. The van der Waals surface area contributed by atoms with Crippen molar-refractivity contribution in [2.45, 2.75) is 19.4 Å². The molecule has 0 bridgehead atoms. The number of ether oxygens (including phenoxy) is 2. The molecule has 1 heterocycles. The molecule has 4 aromatic rings. The molecule has 1 aromatic heterocycles. The maximum absolute atomic E-state index is 11.3. The molecular weight excluding hydrogens is 440 g/mol. The van der Waals surface area contributed by atoms with Gasteiger partial charge in [-0.2, -0.15) is 0 Å². The molecule has 5 heteroatoms. The minimum Gasteiger partial charge on any atom is -0.490 e. The summed E-state index contributed by atoms with van der Waals surface area (Å²) < 4.78 is 16.8. The summed E-state index contributed by atoms with van der Waals surface area (Å²) in [6.45, 7) is 2.54. The molecule has 0 spiro atoms. The van der Waals surface area contributed by atoms with Gasteiger partial charge in [-0.1, -0.05) is 66.7 Å². The van der Waals surface area contributed by atoms with Gasteiger partial charge in [0, 0.05) is 18.6 Å². The van der Waals surface area contributed by atoms with Gasteiger partial charge in [0.15, 0.2) is 6.10 Å². The first kappa shape index (κ1) is 24.0. The average Bonchev–Trinajstić information content (AvgIpc) is 3.43. The Hall–Kier alpha value is -4.09. The Morgan fingerprint density at radius 3 is 2.26 bits per heavy atom. The van der Waals surface area contributed by atoms with Crippen LogP contribution in [-0.4, -0.2) is 30.4 Å². The summed E-state index contributed by atoms with van der Waals surface area (Å²) >= 11 is 0. The van der Waals surface area contributed by atoms with Gasteiger partial charge in [-0.25, -0.2) is 4.79 Å². The summed E-state index contributed by atoms with van der Waals surface area (Å²) in [5.74, 6) is 0.598. The summed E-state index contributed by atoms with van der Waals surface area (Å²) in [7, 11) is 0. The highest BCUT2D eigenvalue weighted by atomic mass is 16.5. The van der Waals surface area contributed by atoms with Gasteiger partial charge in [0.1, 0.15) is 18.1 Å². The lowest BCUT2D eigenvalue weighted by atomic mass is 9.96. The van der Waals surface area contributed by atoms with Crippen LogP contribution in [0.2, 0.25) is 0 Å². The van der Waals surface area contributed by atoms with Crippen LogP contribution in [0.15, 0.2) is 108 Å². The van der Waals surface area contributed by atoms with E-state index in [9.17, 15) is 9.90 Å². The molecule has 0 radical (unpaired) electrons. The zero-order valence-electron chi connectivity index (χ0n) is 19.6. The quantitative estimate of drug-likeness (QED) is 0.272. The number of hydrogen-bond acceptors (Lipinski definition) is 4. The second-order valence-electron chi connectivity index (χ2n) is 7.98. The van der Waals surface area contributed by atoms with Crippen molar-refractivity contribution in [1.29, 1.82) is 0 Å². The second-order valence-corrected chi connectivity index (χ2v) is 7.98. The lowest BCUT2D eigenvalue weighted by Crippen LogP contribution is -2.26. The number of aliphatic carboxylic acids is 1. The number of carboxylic acid groups (broad SMARTS) is 1. The second kappa shape index (κ2) is 11.9. The highest BCUT2D eigenvalue weighted by Gasteiger charge is 2.17. The summed E-state index contributed by atoms with van der Waals surface area (Å²) in [6, 6.07) is 29.8. The Morgan fingerprint density at radius 2 is 1.63 bits per heavy atom. The van der Waals surface area contributed by atoms with Crippen molar-refractivity contribution in [2.75, 3.05) is 13.2 Å². The number of benzene rings is 3. The average molecular weight is 469 g/mol. The predicted octanol–water partition coefficient (Wildman–Crippen LogP) is 6.49. The van der Waals surface area contributed by atoms with E-state index in [0.717, 1.165) is 33.6 Å². The van der Waals surface area contributed by atoms with Crippen molar-refractivity contribution in [3.8, 4) is 17.1 Å². The Morgan fingerprint density at radius 1 is 0.914 bits per heavy atom. The lowest BCUT2D eigenvalue weighted by Gasteiger charge is -2.13. The number of hydrogen-bond donors (Lipinski definition) is 1. The van der Waals surface area contributed by atoms with E-state index in [1.54, 1.807) is 13.2 Å². The lowest BCUT2D eigenvalue weighted by molar-refractivity contribution is -0.149. The largest absolute Gasteiger partial charge is 0.490 e. The summed E-state index contributed by atoms with van der Waals surface area (Å²) in [5.41, 5.74) is 5.18. The van der Waals surface area contributed by atoms with Crippen molar-refractivity contribution in [3.63, 3.8) is 0 Å². The van der Waals surface area contributed by atoms with Gasteiger partial charge in [-0.3, -0.25) is 0 Å². The van der Waals surface area contributed by atoms with Gasteiger partial charge in [0.2, 0.25) is 0 Å². The molecule has 5 nitrogen and oxygen atoms in total. The molecule has 0 aliphatic rings. The zero-order chi connectivity index (χ0) is 24.5. The van der Waals surface area contributed by atoms with Gasteiger partial charge in [-0.15, -0.1) is 0 Å². The van der Waals surface area contributed by atoms with Crippen molar-refractivity contribution in [2.24, 2.45) is 0 Å². The molecule has 1 atom stereocenters.